The fourth-order valence-electron chi connectivity index (χ4n) is 2.01. The van der Waals surface area contributed by atoms with Gasteiger partial charge in [0.25, 0.3) is 5.69 Å². The Morgan fingerprint density at radius 1 is 1.50 bits per heavy atom. The van der Waals surface area contributed by atoms with Gasteiger partial charge in [-0.2, -0.15) is 5.10 Å². The molecule has 1 amide bonds. The van der Waals surface area contributed by atoms with Gasteiger partial charge in [0, 0.05) is 11.6 Å². The first-order chi connectivity index (χ1) is 10.3. The van der Waals surface area contributed by atoms with Gasteiger partial charge in [-0.25, -0.2) is 13.8 Å². The van der Waals surface area contributed by atoms with Crippen LogP contribution in [-0.4, -0.2) is 37.0 Å². The van der Waals surface area contributed by atoms with Crippen molar-refractivity contribution in [3.8, 4) is 0 Å². The van der Waals surface area contributed by atoms with Crippen LogP contribution in [0.1, 0.15) is 12.0 Å². The van der Waals surface area contributed by atoms with Crippen LogP contribution >= 0.6 is 11.6 Å². The molecule has 1 aliphatic heterocycles. The molecule has 1 heterocycles. The van der Waals surface area contributed by atoms with E-state index >= 15 is 0 Å². The monoisotopic (exact) mass is 345 g/mol. The lowest BCUT2D eigenvalue weighted by Crippen LogP contribution is -2.27. The molecule has 1 saturated heterocycles. The molecule has 1 atom stereocenters. The highest BCUT2D eigenvalue weighted by Crippen LogP contribution is 2.24. The predicted molar refractivity (Wildman–Crippen MR) is 80.6 cm³/mol. The van der Waals surface area contributed by atoms with Crippen molar-refractivity contribution >= 4 is 39.2 Å². The minimum atomic E-state index is -3.14. The van der Waals surface area contributed by atoms with Gasteiger partial charge >= 0.3 is 0 Å². The van der Waals surface area contributed by atoms with Crippen molar-refractivity contribution in [1.29, 1.82) is 0 Å². The molecular weight excluding hydrogens is 334 g/mol. The lowest BCUT2D eigenvalue weighted by Gasteiger charge is -2.04. The van der Waals surface area contributed by atoms with E-state index in [1.165, 1.54) is 24.4 Å². The van der Waals surface area contributed by atoms with Crippen molar-refractivity contribution in [1.82, 2.24) is 5.43 Å². The number of rotatable bonds is 4. The summed E-state index contributed by atoms with van der Waals surface area (Å²) in [5, 5.41) is 14.4. The van der Waals surface area contributed by atoms with E-state index in [4.69, 9.17) is 11.6 Å². The number of halogens is 1. The summed E-state index contributed by atoms with van der Waals surface area (Å²) < 4.78 is 22.6. The molecule has 22 heavy (non-hydrogen) atoms. The second-order valence-electron chi connectivity index (χ2n) is 4.80. The van der Waals surface area contributed by atoms with E-state index in [9.17, 15) is 23.3 Å². The Kier molecular flexibility index (Phi) is 4.77. The zero-order chi connectivity index (χ0) is 16.3. The highest BCUT2D eigenvalue weighted by atomic mass is 35.5. The van der Waals surface area contributed by atoms with Crippen LogP contribution in [0.5, 0.6) is 0 Å². The standard InChI is InChI=1S/C12H12ClN3O5S/c13-10-2-1-8(5-11(10)16(18)19)6-14-15-12(17)9-3-4-22(20,21)7-9/h1-2,5-6,9H,3-4,7H2,(H,15,17)/b14-6-/t9-/m0/s1. The number of hydrazone groups is 1. The van der Waals surface area contributed by atoms with Gasteiger partial charge in [0.05, 0.1) is 28.6 Å². The number of hydrogen-bond donors (Lipinski definition) is 1. The quantitative estimate of drug-likeness (QED) is 0.498. The van der Waals surface area contributed by atoms with Gasteiger partial charge in [-0.15, -0.1) is 0 Å². The third kappa shape index (κ3) is 4.01. The van der Waals surface area contributed by atoms with Crippen LogP contribution in [0, 0.1) is 16.0 Å². The summed E-state index contributed by atoms with van der Waals surface area (Å²) >= 11 is 5.68. The Bertz CT molecular complexity index is 747. The van der Waals surface area contributed by atoms with E-state index in [0.717, 1.165) is 0 Å². The van der Waals surface area contributed by atoms with Crippen LogP contribution in [-0.2, 0) is 14.6 Å². The normalized spacial score (nSPS) is 20.1. The van der Waals surface area contributed by atoms with Gasteiger partial charge in [0.2, 0.25) is 5.91 Å². The first-order valence-corrected chi connectivity index (χ1v) is 8.46. The molecule has 1 aromatic rings. The summed E-state index contributed by atoms with van der Waals surface area (Å²) in [5.41, 5.74) is 2.36. The highest BCUT2D eigenvalue weighted by Gasteiger charge is 2.32. The van der Waals surface area contributed by atoms with Gasteiger partial charge in [-0.05, 0) is 12.5 Å². The van der Waals surface area contributed by atoms with Crippen molar-refractivity contribution in [2.75, 3.05) is 11.5 Å². The second kappa shape index (κ2) is 6.41. The number of carbonyl (C=O) groups is 1. The van der Waals surface area contributed by atoms with Crippen molar-refractivity contribution in [3.63, 3.8) is 0 Å². The zero-order valence-corrected chi connectivity index (χ0v) is 12.8. The van der Waals surface area contributed by atoms with Crippen molar-refractivity contribution in [2.24, 2.45) is 11.0 Å². The number of nitrogens with one attached hydrogen (secondary N) is 1. The maximum absolute atomic E-state index is 11.7. The van der Waals surface area contributed by atoms with Crippen molar-refractivity contribution in [3.05, 3.63) is 38.9 Å². The molecule has 1 N–H and O–H groups in total. The molecule has 0 aliphatic carbocycles. The summed E-state index contributed by atoms with van der Waals surface area (Å²) in [6.07, 6.45) is 1.50. The van der Waals surface area contributed by atoms with Gasteiger partial charge < -0.3 is 0 Å². The second-order valence-corrected chi connectivity index (χ2v) is 7.44. The van der Waals surface area contributed by atoms with Crippen molar-refractivity contribution < 1.29 is 18.1 Å². The summed E-state index contributed by atoms with van der Waals surface area (Å²) in [6.45, 7) is 0. The molecule has 1 aromatic carbocycles. The Morgan fingerprint density at radius 2 is 2.23 bits per heavy atom. The smallest absolute Gasteiger partial charge is 0.273 e. The van der Waals surface area contributed by atoms with Crippen molar-refractivity contribution in [2.45, 2.75) is 6.42 Å². The van der Waals surface area contributed by atoms with Gasteiger partial charge in [-0.3, -0.25) is 14.9 Å². The fraction of sp³-hybridized carbons (Fsp3) is 0.333. The molecule has 0 saturated carbocycles. The third-order valence-electron chi connectivity index (χ3n) is 3.16. The first kappa shape index (κ1) is 16.4. The maximum Gasteiger partial charge on any atom is 0.288 e. The number of hydrogen-bond acceptors (Lipinski definition) is 6. The summed E-state index contributed by atoms with van der Waals surface area (Å²) in [5.74, 6) is -1.28. The molecule has 0 unspecified atom stereocenters. The van der Waals surface area contributed by atoms with Gasteiger partial charge in [0.1, 0.15) is 5.02 Å². The number of sulfone groups is 1. The molecule has 2 rings (SSSR count). The van der Waals surface area contributed by atoms with Crippen LogP contribution in [0.25, 0.3) is 0 Å². The Morgan fingerprint density at radius 3 is 2.82 bits per heavy atom. The summed E-state index contributed by atoms with van der Waals surface area (Å²) in [7, 11) is -3.14. The van der Waals surface area contributed by atoms with Crippen LogP contribution in [0.2, 0.25) is 5.02 Å². The number of benzene rings is 1. The Labute approximate surface area is 131 Å². The number of nitrogens with zero attached hydrogens (tertiary/aromatic N) is 2. The largest absolute Gasteiger partial charge is 0.288 e. The number of carbonyl (C=O) groups excluding carboxylic acids is 1. The number of amides is 1. The molecule has 0 bridgehead atoms. The van der Waals surface area contributed by atoms with Crippen LogP contribution in [0.3, 0.4) is 0 Å². The molecule has 118 valence electrons. The Balaban J connectivity index is 2.00. The van der Waals surface area contributed by atoms with Crippen LogP contribution in [0.15, 0.2) is 23.3 Å². The van der Waals surface area contributed by atoms with Gasteiger partial charge in [-0.1, -0.05) is 17.7 Å². The molecule has 10 heteroatoms. The molecular formula is C12H12ClN3O5S. The van der Waals surface area contributed by atoms with E-state index in [2.05, 4.69) is 10.5 Å². The average molecular weight is 346 g/mol. The predicted octanol–water partition coefficient (Wildman–Crippen LogP) is 1.13. The lowest BCUT2D eigenvalue weighted by atomic mass is 10.1. The van der Waals surface area contributed by atoms with Gasteiger partial charge in [0.15, 0.2) is 9.84 Å². The van der Waals surface area contributed by atoms with Crippen LogP contribution < -0.4 is 5.43 Å². The minimum Gasteiger partial charge on any atom is -0.273 e. The molecule has 0 radical (unpaired) electrons. The number of nitro benzene ring substituents is 1. The van der Waals surface area contributed by atoms with E-state index in [0.29, 0.717) is 5.56 Å². The van der Waals surface area contributed by atoms with E-state index < -0.39 is 26.6 Å². The molecule has 0 aromatic heterocycles. The average Bonchev–Trinajstić information content (AvgIpc) is 2.80. The summed E-state index contributed by atoms with van der Waals surface area (Å²) in [6, 6.07) is 4.08. The Hall–Kier alpha value is -2.00. The van der Waals surface area contributed by atoms with E-state index in [1.54, 1.807) is 0 Å². The maximum atomic E-state index is 11.7. The third-order valence-corrected chi connectivity index (χ3v) is 5.25. The van der Waals surface area contributed by atoms with E-state index in [1.807, 2.05) is 0 Å². The molecule has 1 aliphatic rings. The highest BCUT2D eigenvalue weighted by molar-refractivity contribution is 7.91. The summed E-state index contributed by atoms with van der Waals surface area (Å²) in [4.78, 5) is 21.9. The number of nitro groups is 1. The zero-order valence-electron chi connectivity index (χ0n) is 11.2. The molecule has 1 fully saturated rings. The first-order valence-electron chi connectivity index (χ1n) is 6.26. The minimum absolute atomic E-state index is 0.00181. The van der Waals surface area contributed by atoms with E-state index in [-0.39, 0.29) is 28.6 Å². The van der Waals surface area contributed by atoms with Crippen LogP contribution in [0.4, 0.5) is 5.69 Å². The topological polar surface area (TPSA) is 119 Å². The fourth-order valence-corrected chi connectivity index (χ4v) is 3.94. The SMILES string of the molecule is O=C(N/N=C\c1ccc(Cl)c([N+](=O)[O-])c1)[C@H]1CCS(=O)(=O)C1. The molecule has 8 nitrogen and oxygen atoms in total. The molecule has 0 spiro atoms. The lowest BCUT2D eigenvalue weighted by molar-refractivity contribution is -0.384.